The van der Waals surface area contributed by atoms with E-state index in [0.717, 1.165) is 25.4 Å². The largest absolute Gasteiger partial charge is 0.481 e. The standard InChI is InChI=1S/C15H29NO2/c1-12(2)4-5-13(3)16-10-8-14(9-11-16)6-7-15(17)18/h12-14H,4-11H2,1-3H3,(H,17,18). The smallest absolute Gasteiger partial charge is 0.303 e. The minimum absolute atomic E-state index is 0.341. The summed E-state index contributed by atoms with van der Waals surface area (Å²) in [5, 5.41) is 8.70. The summed E-state index contributed by atoms with van der Waals surface area (Å²) in [4.78, 5) is 13.1. The summed E-state index contributed by atoms with van der Waals surface area (Å²) in [6.07, 6.45) is 6.16. The molecule has 1 fully saturated rings. The van der Waals surface area contributed by atoms with E-state index in [-0.39, 0.29) is 0 Å². The lowest BCUT2D eigenvalue weighted by Gasteiger charge is -2.36. The van der Waals surface area contributed by atoms with E-state index in [1.54, 1.807) is 0 Å². The normalized spacial score (nSPS) is 20.2. The molecule has 1 heterocycles. The third-order valence-electron chi connectivity index (χ3n) is 4.20. The Morgan fingerprint density at radius 2 is 1.83 bits per heavy atom. The van der Waals surface area contributed by atoms with E-state index in [9.17, 15) is 4.79 Å². The van der Waals surface area contributed by atoms with Crippen LogP contribution in [0.25, 0.3) is 0 Å². The molecule has 1 rings (SSSR count). The fourth-order valence-electron chi connectivity index (χ4n) is 2.77. The Labute approximate surface area is 112 Å². The number of nitrogens with zero attached hydrogens (tertiary/aromatic N) is 1. The Hall–Kier alpha value is -0.570. The van der Waals surface area contributed by atoms with Gasteiger partial charge in [0.25, 0.3) is 0 Å². The fraction of sp³-hybridized carbons (Fsp3) is 0.933. The Morgan fingerprint density at radius 1 is 1.22 bits per heavy atom. The maximum atomic E-state index is 10.6. The Balaban J connectivity index is 2.19. The van der Waals surface area contributed by atoms with Crippen LogP contribution >= 0.6 is 0 Å². The molecule has 1 aliphatic heterocycles. The SMILES string of the molecule is CC(C)CCC(C)N1CCC(CCC(=O)O)CC1. The maximum Gasteiger partial charge on any atom is 0.303 e. The molecule has 0 radical (unpaired) electrons. The predicted octanol–water partition coefficient (Wildman–Crippen LogP) is 3.39. The van der Waals surface area contributed by atoms with Crippen LogP contribution < -0.4 is 0 Å². The molecule has 1 N–H and O–H groups in total. The first kappa shape index (κ1) is 15.5. The van der Waals surface area contributed by atoms with Crippen molar-refractivity contribution < 1.29 is 9.90 Å². The minimum atomic E-state index is -0.650. The van der Waals surface area contributed by atoms with Gasteiger partial charge in [0.15, 0.2) is 0 Å². The van der Waals surface area contributed by atoms with Crippen LogP contribution in [0.15, 0.2) is 0 Å². The van der Waals surface area contributed by atoms with Crippen molar-refractivity contribution in [2.24, 2.45) is 11.8 Å². The highest BCUT2D eigenvalue weighted by Crippen LogP contribution is 2.24. The Bertz CT molecular complexity index is 245. The van der Waals surface area contributed by atoms with Gasteiger partial charge in [0.05, 0.1) is 0 Å². The second-order valence-corrected chi connectivity index (χ2v) is 6.23. The van der Waals surface area contributed by atoms with Crippen molar-refractivity contribution >= 4 is 5.97 Å². The highest BCUT2D eigenvalue weighted by atomic mass is 16.4. The highest BCUT2D eigenvalue weighted by molar-refractivity contribution is 5.66. The summed E-state index contributed by atoms with van der Waals surface area (Å²) in [5.41, 5.74) is 0. The zero-order valence-electron chi connectivity index (χ0n) is 12.2. The van der Waals surface area contributed by atoms with E-state index < -0.39 is 5.97 Å². The lowest BCUT2D eigenvalue weighted by atomic mass is 9.91. The average molecular weight is 255 g/mol. The fourth-order valence-corrected chi connectivity index (χ4v) is 2.77. The first-order valence-electron chi connectivity index (χ1n) is 7.45. The van der Waals surface area contributed by atoms with Crippen LogP contribution in [0.2, 0.25) is 0 Å². The van der Waals surface area contributed by atoms with Crippen molar-refractivity contribution in [2.45, 2.75) is 65.3 Å². The summed E-state index contributed by atoms with van der Waals surface area (Å²) < 4.78 is 0. The summed E-state index contributed by atoms with van der Waals surface area (Å²) in [6, 6.07) is 0.688. The highest BCUT2D eigenvalue weighted by Gasteiger charge is 2.22. The van der Waals surface area contributed by atoms with Crippen molar-refractivity contribution in [3.05, 3.63) is 0 Å². The van der Waals surface area contributed by atoms with Crippen LogP contribution in [-0.2, 0) is 4.79 Å². The van der Waals surface area contributed by atoms with Gasteiger partial charge in [0.1, 0.15) is 0 Å². The van der Waals surface area contributed by atoms with Crippen molar-refractivity contribution in [3.63, 3.8) is 0 Å². The quantitative estimate of drug-likeness (QED) is 0.758. The molecule has 1 saturated heterocycles. The summed E-state index contributed by atoms with van der Waals surface area (Å²) in [5.74, 6) is 0.776. The molecule has 0 saturated carbocycles. The van der Waals surface area contributed by atoms with Gasteiger partial charge < -0.3 is 10.0 Å². The zero-order chi connectivity index (χ0) is 13.5. The minimum Gasteiger partial charge on any atom is -0.481 e. The first-order chi connectivity index (χ1) is 8.49. The number of hydrogen-bond donors (Lipinski definition) is 1. The molecule has 18 heavy (non-hydrogen) atoms. The first-order valence-corrected chi connectivity index (χ1v) is 7.45. The van der Waals surface area contributed by atoms with Gasteiger partial charge in [-0.1, -0.05) is 13.8 Å². The van der Waals surface area contributed by atoms with Gasteiger partial charge in [0.2, 0.25) is 0 Å². The van der Waals surface area contributed by atoms with E-state index in [1.807, 2.05) is 0 Å². The molecule has 1 unspecified atom stereocenters. The summed E-state index contributed by atoms with van der Waals surface area (Å²) in [6.45, 7) is 9.21. The number of piperidine rings is 1. The lowest BCUT2D eigenvalue weighted by Crippen LogP contribution is -2.40. The van der Waals surface area contributed by atoms with Crippen LogP contribution in [0.1, 0.15) is 59.3 Å². The number of likely N-dealkylation sites (tertiary alicyclic amines) is 1. The Morgan fingerprint density at radius 3 is 2.33 bits per heavy atom. The van der Waals surface area contributed by atoms with Crippen molar-refractivity contribution in [2.75, 3.05) is 13.1 Å². The number of aliphatic carboxylic acids is 1. The molecule has 1 aliphatic rings. The molecular formula is C15H29NO2. The maximum absolute atomic E-state index is 10.6. The number of carboxylic acids is 1. The molecule has 0 aliphatic carbocycles. The Kier molecular flexibility index (Phi) is 6.69. The molecular weight excluding hydrogens is 226 g/mol. The predicted molar refractivity (Wildman–Crippen MR) is 74.7 cm³/mol. The molecule has 3 heteroatoms. The molecule has 1 atom stereocenters. The van der Waals surface area contributed by atoms with Gasteiger partial charge >= 0.3 is 5.97 Å². The third kappa shape index (κ3) is 5.85. The van der Waals surface area contributed by atoms with Crippen LogP contribution in [0, 0.1) is 11.8 Å². The molecule has 3 nitrogen and oxygen atoms in total. The molecule has 0 aromatic heterocycles. The monoisotopic (exact) mass is 255 g/mol. The van der Waals surface area contributed by atoms with Gasteiger partial charge in [-0.2, -0.15) is 0 Å². The van der Waals surface area contributed by atoms with Crippen molar-refractivity contribution in [3.8, 4) is 0 Å². The van der Waals surface area contributed by atoms with Gasteiger partial charge in [-0.3, -0.25) is 4.79 Å². The van der Waals surface area contributed by atoms with Crippen LogP contribution in [0.4, 0.5) is 0 Å². The number of carboxylic acid groups (broad SMARTS) is 1. The second-order valence-electron chi connectivity index (χ2n) is 6.23. The summed E-state index contributed by atoms with van der Waals surface area (Å²) in [7, 11) is 0. The van der Waals surface area contributed by atoms with Crippen LogP contribution in [0.5, 0.6) is 0 Å². The summed E-state index contributed by atoms with van der Waals surface area (Å²) >= 11 is 0. The van der Waals surface area contributed by atoms with E-state index in [0.29, 0.717) is 18.4 Å². The molecule has 0 spiro atoms. The van der Waals surface area contributed by atoms with Crippen LogP contribution in [-0.4, -0.2) is 35.1 Å². The topological polar surface area (TPSA) is 40.5 Å². The van der Waals surface area contributed by atoms with Crippen molar-refractivity contribution in [1.29, 1.82) is 0 Å². The average Bonchev–Trinajstić information content (AvgIpc) is 2.34. The molecule has 0 bridgehead atoms. The van der Waals surface area contributed by atoms with Gasteiger partial charge in [-0.25, -0.2) is 0 Å². The van der Waals surface area contributed by atoms with Gasteiger partial charge in [-0.05, 0) is 64.0 Å². The number of hydrogen-bond acceptors (Lipinski definition) is 2. The van der Waals surface area contributed by atoms with Gasteiger partial charge in [-0.15, -0.1) is 0 Å². The van der Waals surface area contributed by atoms with E-state index in [1.165, 1.54) is 25.7 Å². The van der Waals surface area contributed by atoms with Gasteiger partial charge in [0, 0.05) is 12.5 Å². The molecule has 106 valence electrons. The van der Waals surface area contributed by atoms with E-state index in [4.69, 9.17) is 5.11 Å². The zero-order valence-corrected chi connectivity index (χ0v) is 12.2. The van der Waals surface area contributed by atoms with Crippen LogP contribution in [0.3, 0.4) is 0 Å². The third-order valence-corrected chi connectivity index (χ3v) is 4.20. The van der Waals surface area contributed by atoms with E-state index in [2.05, 4.69) is 25.7 Å². The second kappa shape index (κ2) is 7.78. The molecule has 0 amide bonds. The van der Waals surface area contributed by atoms with E-state index >= 15 is 0 Å². The molecule has 0 aromatic carbocycles. The molecule has 0 aromatic rings. The lowest BCUT2D eigenvalue weighted by molar-refractivity contribution is -0.137. The number of rotatable bonds is 7. The van der Waals surface area contributed by atoms with Crippen molar-refractivity contribution in [1.82, 2.24) is 4.90 Å². The number of carbonyl (C=O) groups is 1.